The van der Waals surface area contributed by atoms with Gasteiger partial charge in [-0.05, 0) is 47.9 Å². The van der Waals surface area contributed by atoms with Gasteiger partial charge < -0.3 is 15.6 Å². The number of benzene rings is 2. The number of H-pyrrole nitrogens is 2. The van der Waals surface area contributed by atoms with E-state index in [4.69, 9.17) is 0 Å². The highest BCUT2D eigenvalue weighted by Gasteiger charge is 2.17. The Balaban J connectivity index is 1.30. The second-order valence-corrected chi connectivity index (χ2v) is 8.73. The normalized spacial score (nSPS) is 11.6. The second-order valence-electron chi connectivity index (χ2n) is 8.73. The van der Waals surface area contributed by atoms with Crippen molar-refractivity contribution in [3.05, 3.63) is 112 Å². The number of pyridine rings is 2. The van der Waals surface area contributed by atoms with Crippen LogP contribution in [-0.2, 0) is 6.54 Å². The molecule has 2 aromatic carbocycles. The van der Waals surface area contributed by atoms with Gasteiger partial charge in [-0.25, -0.2) is 19.2 Å². The Morgan fingerprint density at radius 3 is 2.53 bits per heavy atom. The quantitative estimate of drug-likeness (QED) is 0.257. The first-order chi connectivity index (χ1) is 18.4. The second kappa shape index (κ2) is 10.4. The molecule has 4 N–H and O–H groups in total. The Labute approximate surface area is 216 Å². The van der Waals surface area contributed by atoms with E-state index >= 15 is 0 Å². The zero-order valence-corrected chi connectivity index (χ0v) is 20.2. The van der Waals surface area contributed by atoms with Crippen molar-refractivity contribution in [2.24, 2.45) is 0 Å². The summed E-state index contributed by atoms with van der Waals surface area (Å²) in [5, 5.41) is 15.4. The lowest BCUT2D eigenvalue weighted by molar-refractivity contribution is 0.0940. The van der Waals surface area contributed by atoms with Gasteiger partial charge in [0.1, 0.15) is 17.7 Å². The lowest BCUT2D eigenvalue weighted by Crippen LogP contribution is -2.28. The molecule has 188 valence electrons. The van der Waals surface area contributed by atoms with Gasteiger partial charge in [0.05, 0.1) is 22.7 Å². The molecule has 10 heteroatoms. The summed E-state index contributed by atoms with van der Waals surface area (Å²) < 4.78 is 13.3. The van der Waals surface area contributed by atoms with Gasteiger partial charge in [0.2, 0.25) is 0 Å². The first-order valence-corrected chi connectivity index (χ1v) is 11.8. The minimum Gasteiger partial charge on any atom is -0.365 e. The molecular formula is C28H22FN7O2. The maximum absolute atomic E-state index is 13.3. The number of fused-ring (bicyclic) bond motifs is 1. The number of aromatic amines is 2. The predicted molar refractivity (Wildman–Crippen MR) is 141 cm³/mol. The molecule has 38 heavy (non-hydrogen) atoms. The maximum atomic E-state index is 13.3. The molecule has 0 spiro atoms. The zero-order valence-electron chi connectivity index (χ0n) is 20.2. The molecule has 0 bridgehead atoms. The van der Waals surface area contributed by atoms with Crippen LogP contribution < -0.4 is 16.3 Å². The van der Waals surface area contributed by atoms with Crippen molar-refractivity contribution < 1.29 is 9.18 Å². The number of aromatic nitrogens is 4. The SMILES string of the molecule is C[C@H](NC(=O)c1cc(C#N)cnc1NCc1ccc(-c2cnc3[nH]c(=O)[nH]c3c2)cc1)c1ccc(F)cc1. The minimum atomic E-state index is -0.407. The number of nitrogens with one attached hydrogen (secondary N) is 4. The molecule has 3 aromatic heterocycles. The number of nitriles is 1. The molecule has 0 radical (unpaired) electrons. The van der Waals surface area contributed by atoms with Gasteiger partial charge in [-0.1, -0.05) is 36.4 Å². The molecular weight excluding hydrogens is 485 g/mol. The molecule has 0 fully saturated rings. The Morgan fingerprint density at radius 1 is 1.03 bits per heavy atom. The Kier molecular flexibility index (Phi) is 6.65. The summed E-state index contributed by atoms with van der Waals surface area (Å²) in [6.07, 6.45) is 3.10. The lowest BCUT2D eigenvalue weighted by atomic mass is 10.1. The smallest absolute Gasteiger partial charge is 0.325 e. The van der Waals surface area contributed by atoms with Crippen LogP contribution in [0.3, 0.4) is 0 Å². The molecule has 3 heterocycles. The van der Waals surface area contributed by atoms with Crippen molar-refractivity contribution in [3.63, 3.8) is 0 Å². The summed E-state index contributed by atoms with van der Waals surface area (Å²) in [6, 6.07) is 18.6. The molecule has 0 aliphatic rings. The van der Waals surface area contributed by atoms with E-state index in [1.807, 2.05) is 36.4 Å². The van der Waals surface area contributed by atoms with Crippen molar-refractivity contribution in [1.82, 2.24) is 25.3 Å². The molecule has 5 rings (SSSR count). The number of halogens is 1. The third-order valence-electron chi connectivity index (χ3n) is 6.09. The maximum Gasteiger partial charge on any atom is 0.325 e. The van der Waals surface area contributed by atoms with Crippen LogP contribution in [-0.4, -0.2) is 25.8 Å². The van der Waals surface area contributed by atoms with E-state index in [9.17, 15) is 19.2 Å². The van der Waals surface area contributed by atoms with Crippen LogP contribution in [0.2, 0.25) is 0 Å². The third-order valence-corrected chi connectivity index (χ3v) is 6.09. The predicted octanol–water partition coefficient (Wildman–Crippen LogP) is 4.43. The molecule has 0 aliphatic heterocycles. The number of carbonyl (C=O) groups is 1. The van der Waals surface area contributed by atoms with E-state index in [1.165, 1.54) is 24.4 Å². The van der Waals surface area contributed by atoms with Crippen LogP contribution in [0.5, 0.6) is 0 Å². The standard InChI is InChI=1S/C28H22FN7O2/c1-16(19-6-8-22(29)9-7-19)34-27(37)23-10-18(12-30)14-32-25(23)31-13-17-2-4-20(5-3-17)21-11-24-26(33-15-21)36-28(38)35-24/h2-11,14-16H,13H2,1H3,(H,31,32)(H,34,37)(H2,33,35,36,38)/t16-/m0/s1. The van der Waals surface area contributed by atoms with E-state index in [2.05, 4.69) is 30.6 Å². The number of anilines is 1. The molecule has 0 saturated carbocycles. The molecule has 1 atom stereocenters. The zero-order chi connectivity index (χ0) is 26.6. The van der Waals surface area contributed by atoms with E-state index in [-0.39, 0.29) is 28.7 Å². The molecule has 0 saturated heterocycles. The van der Waals surface area contributed by atoms with E-state index < -0.39 is 5.91 Å². The Hall–Kier alpha value is -5.30. The summed E-state index contributed by atoms with van der Waals surface area (Å²) >= 11 is 0. The summed E-state index contributed by atoms with van der Waals surface area (Å²) in [6.45, 7) is 2.18. The van der Waals surface area contributed by atoms with Crippen LogP contribution in [0.15, 0.2) is 77.9 Å². The fourth-order valence-electron chi connectivity index (χ4n) is 4.03. The summed E-state index contributed by atoms with van der Waals surface area (Å²) in [4.78, 5) is 38.5. The highest BCUT2D eigenvalue weighted by atomic mass is 19.1. The largest absolute Gasteiger partial charge is 0.365 e. The first kappa shape index (κ1) is 24.4. The van der Waals surface area contributed by atoms with E-state index in [0.717, 1.165) is 22.3 Å². The highest BCUT2D eigenvalue weighted by molar-refractivity contribution is 5.99. The summed E-state index contributed by atoms with van der Waals surface area (Å²) in [5.74, 6) is -0.426. The first-order valence-electron chi connectivity index (χ1n) is 11.8. The average molecular weight is 508 g/mol. The van der Waals surface area contributed by atoms with E-state index in [1.54, 1.807) is 25.3 Å². The van der Waals surface area contributed by atoms with Gasteiger partial charge in [0, 0.05) is 24.5 Å². The molecule has 5 aromatic rings. The van der Waals surface area contributed by atoms with Crippen molar-refractivity contribution in [2.45, 2.75) is 19.5 Å². The van der Waals surface area contributed by atoms with Gasteiger partial charge in [-0.3, -0.25) is 9.78 Å². The van der Waals surface area contributed by atoms with Crippen LogP contribution in [0.1, 0.15) is 40.0 Å². The topological polar surface area (TPSA) is 139 Å². The number of hydrogen-bond acceptors (Lipinski definition) is 6. The number of hydrogen-bond donors (Lipinski definition) is 4. The number of nitrogens with zero attached hydrogens (tertiary/aromatic N) is 3. The van der Waals surface area contributed by atoms with E-state index in [0.29, 0.717) is 23.5 Å². The Bertz CT molecular complexity index is 1720. The summed E-state index contributed by atoms with van der Waals surface area (Å²) in [7, 11) is 0. The average Bonchev–Trinajstić information content (AvgIpc) is 3.31. The highest BCUT2D eigenvalue weighted by Crippen LogP contribution is 2.23. The van der Waals surface area contributed by atoms with Crippen molar-refractivity contribution >= 4 is 22.9 Å². The third kappa shape index (κ3) is 5.27. The monoisotopic (exact) mass is 507 g/mol. The molecule has 1 amide bonds. The van der Waals surface area contributed by atoms with Crippen molar-refractivity contribution in [2.75, 3.05) is 5.32 Å². The Morgan fingerprint density at radius 2 is 1.79 bits per heavy atom. The van der Waals surface area contributed by atoms with Gasteiger partial charge >= 0.3 is 5.69 Å². The van der Waals surface area contributed by atoms with Crippen LogP contribution in [0.25, 0.3) is 22.3 Å². The van der Waals surface area contributed by atoms with Gasteiger partial charge in [0.25, 0.3) is 5.91 Å². The minimum absolute atomic E-state index is 0.231. The number of rotatable bonds is 7. The molecule has 0 unspecified atom stereocenters. The number of amides is 1. The van der Waals surface area contributed by atoms with Crippen molar-refractivity contribution in [1.29, 1.82) is 5.26 Å². The lowest BCUT2D eigenvalue weighted by Gasteiger charge is -2.16. The number of imidazole rings is 1. The van der Waals surface area contributed by atoms with Gasteiger partial charge in [0.15, 0.2) is 5.65 Å². The summed E-state index contributed by atoms with van der Waals surface area (Å²) in [5.41, 5.74) is 4.78. The van der Waals surface area contributed by atoms with Crippen LogP contribution in [0, 0.1) is 17.1 Å². The fourth-order valence-corrected chi connectivity index (χ4v) is 4.03. The molecule has 0 aliphatic carbocycles. The van der Waals surface area contributed by atoms with Crippen molar-refractivity contribution in [3.8, 4) is 17.2 Å². The van der Waals surface area contributed by atoms with Crippen LogP contribution >= 0.6 is 0 Å². The fraction of sp³-hybridized carbons (Fsp3) is 0.107. The van der Waals surface area contributed by atoms with Gasteiger partial charge in [-0.15, -0.1) is 0 Å². The molecule has 9 nitrogen and oxygen atoms in total. The number of carbonyl (C=O) groups excluding carboxylic acids is 1. The van der Waals surface area contributed by atoms with Gasteiger partial charge in [-0.2, -0.15) is 5.26 Å². The van der Waals surface area contributed by atoms with Crippen LogP contribution in [0.4, 0.5) is 10.2 Å².